The minimum Gasteiger partial charge on any atom is -0.342 e. The first-order valence-corrected chi connectivity index (χ1v) is 10.4. The third kappa shape index (κ3) is 3.52. The van der Waals surface area contributed by atoms with Crippen LogP contribution in [0.1, 0.15) is 37.7 Å². The Balaban J connectivity index is 1.36. The van der Waals surface area contributed by atoms with E-state index in [1.54, 1.807) is 4.90 Å². The van der Waals surface area contributed by atoms with E-state index in [9.17, 15) is 14.4 Å². The third-order valence-electron chi connectivity index (χ3n) is 6.83. The molecule has 1 aromatic rings. The largest absolute Gasteiger partial charge is 0.342 e. The molecule has 3 aliphatic rings. The van der Waals surface area contributed by atoms with E-state index in [-0.39, 0.29) is 35.7 Å². The fourth-order valence-corrected chi connectivity index (χ4v) is 5.05. The van der Waals surface area contributed by atoms with E-state index < -0.39 is 0 Å². The van der Waals surface area contributed by atoms with Crippen LogP contribution in [0.25, 0.3) is 0 Å². The predicted molar refractivity (Wildman–Crippen MR) is 105 cm³/mol. The molecule has 4 rings (SSSR count). The highest BCUT2D eigenvalue weighted by Gasteiger charge is 2.51. The third-order valence-corrected chi connectivity index (χ3v) is 6.83. The molecule has 1 atom stereocenters. The number of carbonyl (C=O) groups excluding carboxylic acids is 3. The van der Waals surface area contributed by atoms with Gasteiger partial charge in [0.1, 0.15) is 0 Å². The number of carbonyl (C=O) groups is 3. The van der Waals surface area contributed by atoms with Crippen LogP contribution < -0.4 is 0 Å². The Morgan fingerprint density at radius 3 is 2.46 bits per heavy atom. The lowest BCUT2D eigenvalue weighted by Gasteiger charge is -2.38. The maximum absolute atomic E-state index is 13.1. The lowest BCUT2D eigenvalue weighted by Crippen LogP contribution is -2.49. The highest BCUT2D eigenvalue weighted by molar-refractivity contribution is 5.87. The van der Waals surface area contributed by atoms with E-state index in [0.717, 1.165) is 32.1 Å². The van der Waals surface area contributed by atoms with E-state index in [1.807, 2.05) is 35.0 Å². The zero-order valence-corrected chi connectivity index (χ0v) is 16.6. The zero-order valence-electron chi connectivity index (χ0n) is 16.6. The van der Waals surface area contributed by atoms with Crippen LogP contribution >= 0.6 is 0 Å². The molecule has 1 aromatic carbocycles. The summed E-state index contributed by atoms with van der Waals surface area (Å²) in [4.78, 5) is 42.8. The van der Waals surface area contributed by atoms with Crippen molar-refractivity contribution in [1.82, 2.24) is 14.7 Å². The molecule has 0 unspecified atom stereocenters. The first kappa shape index (κ1) is 19.0. The predicted octanol–water partition coefficient (Wildman–Crippen LogP) is 1.69. The maximum atomic E-state index is 13.1. The minimum absolute atomic E-state index is 0.0183. The molecule has 6 nitrogen and oxygen atoms in total. The monoisotopic (exact) mass is 383 g/mol. The van der Waals surface area contributed by atoms with Gasteiger partial charge in [0.15, 0.2) is 0 Å². The summed E-state index contributed by atoms with van der Waals surface area (Å²) in [6.07, 6.45) is 4.59. The second kappa shape index (κ2) is 7.57. The van der Waals surface area contributed by atoms with Crippen molar-refractivity contribution in [3.8, 4) is 0 Å². The lowest BCUT2D eigenvalue weighted by atomic mass is 9.75. The average Bonchev–Trinajstić information content (AvgIpc) is 3.20. The van der Waals surface area contributed by atoms with Gasteiger partial charge in [0, 0.05) is 39.1 Å². The van der Waals surface area contributed by atoms with Crippen molar-refractivity contribution < 1.29 is 14.4 Å². The van der Waals surface area contributed by atoms with Gasteiger partial charge in [0.2, 0.25) is 17.7 Å². The first-order valence-electron chi connectivity index (χ1n) is 10.4. The molecule has 0 radical (unpaired) electrons. The molecule has 0 saturated carbocycles. The molecular formula is C22H29N3O3. The molecule has 3 saturated heterocycles. The number of benzene rings is 1. The van der Waals surface area contributed by atoms with E-state index >= 15 is 0 Å². The number of amides is 3. The van der Waals surface area contributed by atoms with Crippen molar-refractivity contribution in [2.45, 2.75) is 44.6 Å². The average molecular weight is 383 g/mol. The van der Waals surface area contributed by atoms with Gasteiger partial charge in [0.05, 0.1) is 12.0 Å². The second-order valence-electron chi connectivity index (χ2n) is 8.54. The number of piperidine rings is 1. The Morgan fingerprint density at radius 1 is 1.11 bits per heavy atom. The molecule has 0 bridgehead atoms. The van der Waals surface area contributed by atoms with Gasteiger partial charge in [-0.2, -0.15) is 0 Å². The van der Waals surface area contributed by atoms with Crippen LogP contribution in [0.5, 0.6) is 0 Å². The van der Waals surface area contributed by atoms with Crippen LogP contribution in [0.4, 0.5) is 0 Å². The van der Waals surface area contributed by atoms with Gasteiger partial charge < -0.3 is 14.7 Å². The van der Waals surface area contributed by atoms with E-state index in [4.69, 9.17) is 0 Å². The number of likely N-dealkylation sites (N-methyl/N-ethyl adjacent to an activating group) is 1. The van der Waals surface area contributed by atoms with E-state index in [0.29, 0.717) is 26.1 Å². The number of hydrogen-bond donors (Lipinski definition) is 0. The summed E-state index contributed by atoms with van der Waals surface area (Å²) in [6.45, 7) is 2.10. The number of likely N-dealkylation sites (tertiary alicyclic amines) is 3. The van der Waals surface area contributed by atoms with E-state index in [1.165, 1.54) is 5.56 Å². The first-order chi connectivity index (χ1) is 13.5. The van der Waals surface area contributed by atoms with Crippen molar-refractivity contribution in [2.24, 2.45) is 5.41 Å². The molecule has 0 aliphatic carbocycles. The van der Waals surface area contributed by atoms with E-state index in [2.05, 4.69) is 12.1 Å². The highest BCUT2D eigenvalue weighted by atomic mass is 16.2. The summed E-state index contributed by atoms with van der Waals surface area (Å²) < 4.78 is 0. The molecule has 6 heteroatoms. The van der Waals surface area contributed by atoms with Gasteiger partial charge in [-0.3, -0.25) is 14.4 Å². The molecule has 150 valence electrons. The van der Waals surface area contributed by atoms with Gasteiger partial charge in [-0.05, 0) is 37.7 Å². The normalized spacial score (nSPS) is 24.5. The highest BCUT2D eigenvalue weighted by Crippen LogP contribution is 2.44. The number of nitrogens with zero attached hydrogens (tertiary/aromatic N) is 3. The van der Waals surface area contributed by atoms with Crippen molar-refractivity contribution in [1.29, 1.82) is 0 Å². The Bertz CT molecular complexity index is 756. The number of hydrogen-bond acceptors (Lipinski definition) is 3. The fourth-order valence-electron chi connectivity index (χ4n) is 5.05. The summed E-state index contributed by atoms with van der Waals surface area (Å²) in [6, 6.07) is 10.5. The fraction of sp³-hybridized carbons (Fsp3) is 0.591. The molecule has 28 heavy (non-hydrogen) atoms. The second-order valence-corrected chi connectivity index (χ2v) is 8.54. The minimum atomic E-state index is -0.325. The van der Waals surface area contributed by atoms with Gasteiger partial charge in [-0.15, -0.1) is 0 Å². The van der Waals surface area contributed by atoms with Crippen LogP contribution in [0.15, 0.2) is 30.3 Å². The quantitative estimate of drug-likeness (QED) is 0.795. The molecule has 3 amide bonds. The SMILES string of the molecule is CN1C(=O)C2(CCN(C(=O)CN3CCCC3=O)CC2)C[C@@H]1Cc1ccccc1. The van der Waals surface area contributed by atoms with Gasteiger partial charge in [-0.25, -0.2) is 0 Å². The van der Waals surface area contributed by atoms with Crippen molar-refractivity contribution in [2.75, 3.05) is 33.2 Å². The Hall–Kier alpha value is -2.37. The Labute approximate surface area is 166 Å². The molecule has 0 aromatic heterocycles. The standard InChI is InChI=1S/C22H29N3O3/c1-23-18(14-17-6-3-2-4-7-17)15-22(21(23)28)9-12-24(13-10-22)20(27)16-25-11-5-8-19(25)26/h2-4,6-7,18H,5,8-16H2,1H3/t18-/m0/s1. The van der Waals surface area contributed by atoms with Gasteiger partial charge in [0.25, 0.3) is 0 Å². The smallest absolute Gasteiger partial charge is 0.242 e. The van der Waals surface area contributed by atoms with Crippen LogP contribution in [-0.4, -0.2) is 71.7 Å². The topological polar surface area (TPSA) is 60.9 Å². The molecule has 3 fully saturated rings. The summed E-state index contributed by atoms with van der Waals surface area (Å²) in [5.41, 5.74) is 0.932. The molecule has 3 aliphatic heterocycles. The molecule has 3 heterocycles. The number of rotatable bonds is 4. The molecule has 1 spiro atoms. The van der Waals surface area contributed by atoms with Crippen molar-refractivity contribution in [3.05, 3.63) is 35.9 Å². The van der Waals surface area contributed by atoms with Crippen LogP contribution in [0, 0.1) is 5.41 Å². The summed E-state index contributed by atoms with van der Waals surface area (Å²) in [7, 11) is 1.92. The maximum Gasteiger partial charge on any atom is 0.242 e. The van der Waals surface area contributed by atoms with Crippen molar-refractivity contribution in [3.63, 3.8) is 0 Å². The Kier molecular flexibility index (Phi) is 5.13. The summed E-state index contributed by atoms with van der Waals surface area (Å²) in [5, 5.41) is 0. The Morgan fingerprint density at radius 2 is 1.82 bits per heavy atom. The van der Waals surface area contributed by atoms with Crippen molar-refractivity contribution >= 4 is 17.7 Å². The summed E-state index contributed by atoms with van der Waals surface area (Å²) >= 11 is 0. The van der Waals surface area contributed by atoms with Gasteiger partial charge >= 0.3 is 0 Å². The van der Waals surface area contributed by atoms with Crippen LogP contribution in [-0.2, 0) is 20.8 Å². The molecule has 0 N–H and O–H groups in total. The zero-order chi connectivity index (χ0) is 19.7. The molecular weight excluding hydrogens is 354 g/mol. The summed E-state index contributed by atoms with van der Waals surface area (Å²) in [5.74, 6) is 0.332. The van der Waals surface area contributed by atoms with Gasteiger partial charge in [-0.1, -0.05) is 30.3 Å². The lowest BCUT2D eigenvalue weighted by molar-refractivity contribution is -0.144. The van der Waals surface area contributed by atoms with Crippen LogP contribution in [0.3, 0.4) is 0 Å². The van der Waals surface area contributed by atoms with Crippen LogP contribution in [0.2, 0.25) is 0 Å².